The lowest BCUT2D eigenvalue weighted by atomic mass is 10.0. The van der Waals surface area contributed by atoms with Crippen LogP contribution >= 0.6 is 0 Å². The summed E-state index contributed by atoms with van der Waals surface area (Å²) in [7, 11) is 7.40. The van der Waals surface area contributed by atoms with Gasteiger partial charge in [-0.25, -0.2) is 0 Å². The van der Waals surface area contributed by atoms with Crippen LogP contribution in [-0.2, 0) is 13.3 Å². The minimum atomic E-state index is -2.40. The van der Waals surface area contributed by atoms with Crippen LogP contribution in [-0.4, -0.2) is 61.8 Å². The third-order valence-electron chi connectivity index (χ3n) is 6.30. The second kappa shape index (κ2) is 18.8. The number of hydrogen-bond donors (Lipinski definition) is 0. The first-order valence-corrected chi connectivity index (χ1v) is 14.4. The molecule has 0 saturated carbocycles. The number of unbranched alkanes of at least 4 members (excludes halogenated alkanes) is 13. The average Bonchev–Trinajstić information content (AvgIpc) is 2.71. The quantitative estimate of drug-likeness (QED) is 0.107. The van der Waals surface area contributed by atoms with Crippen LogP contribution in [0.2, 0.25) is 6.04 Å². The van der Waals surface area contributed by atoms with E-state index in [0.717, 1.165) is 23.5 Å². The Morgan fingerprint density at radius 1 is 0.517 bits per heavy atom. The topological polar surface area (TPSA) is 27.7 Å². The molecule has 176 valence electrons. The maximum absolute atomic E-state index is 5.53. The first-order chi connectivity index (χ1) is 13.9. The van der Waals surface area contributed by atoms with Gasteiger partial charge in [0.25, 0.3) is 0 Å². The normalized spacial score (nSPS) is 12.6. The van der Waals surface area contributed by atoms with Gasteiger partial charge in [0.05, 0.1) is 27.2 Å². The number of hydrogen-bond acceptors (Lipinski definition) is 3. The largest absolute Gasteiger partial charge is 0.500 e. The summed E-state index contributed by atoms with van der Waals surface area (Å²) < 4.78 is 17.7. The molecule has 5 heteroatoms. The smallest absolute Gasteiger partial charge is 0.377 e. The molecule has 0 spiro atoms. The van der Waals surface area contributed by atoms with Crippen LogP contribution in [0, 0.1) is 0 Å². The van der Waals surface area contributed by atoms with E-state index in [1.54, 1.807) is 21.3 Å². The van der Waals surface area contributed by atoms with E-state index >= 15 is 0 Å². The third kappa shape index (κ3) is 16.4. The Labute approximate surface area is 184 Å². The van der Waals surface area contributed by atoms with Crippen LogP contribution in [0.5, 0.6) is 0 Å². The number of rotatable bonds is 22. The maximum atomic E-state index is 5.53. The molecule has 0 fully saturated rings. The summed E-state index contributed by atoms with van der Waals surface area (Å²) in [5.41, 5.74) is 0. The van der Waals surface area contributed by atoms with Crippen molar-refractivity contribution in [3.8, 4) is 0 Å². The summed E-state index contributed by atoms with van der Waals surface area (Å²) in [4.78, 5) is 0. The molecule has 0 bridgehead atoms. The van der Waals surface area contributed by atoms with Crippen LogP contribution in [0.4, 0.5) is 0 Å². The molecule has 0 atom stereocenters. The zero-order chi connectivity index (χ0) is 21.8. The second-order valence-corrected chi connectivity index (χ2v) is 12.5. The van der Waals surface area contributed by atoms with Crippen LogP contribution in [0.15, 0.2) is 0 Å². The van der Waals surface area contributed by atoms with Crippen molar-refractivity contribution in [3.63, 3.8) is 0 Å². The summed E-state index contributed by atoms with van der Waals surface area (Å²) in [6, 6.07) is 0.900. The second-order valence-electron chi connectivity index (χ2n) is 9.38. The van der Waals surface area contributed by atoms with Gasteiger partial charge in [0.1, 0.15) is 0 Å². The van der Waals surface area contributed by atoms with E-state index in [-0.39, 0.29) is 0 Å². The molecule has 0 aliphatic rings. The van der Waals surface area contributed by atoms with Gasteiger partial charge in [-0.3, -0.25) is 0 Å². The van der Waals surface area contributed by atoms with Crippen molar-refractivity contribution in [1.29, 1.82) is 0 Å². The fourth-order valence-electron chi connectivity index (χ4n) is 4.13. The maximum Gasteiger partial charge on any atom is 0.500 e. The minimum Gasteiger partial charge on any atom is -0.377 e. The van der Waals surface area contributed by atoms with E-state index in [2.05, 4.69) is 21.0 Å². The molecule has 0 N–H and O–H groups in total. The summed E-state index contributed by atoms with van der Waals surface area (Å²) >= 11 is 0. The van der Waals surface area contributed by atoms with Crippen molar-refractivity contribution in [2.45, 2.75) is 109 Å². The van der Waals surface area contributed by atoms with Crippen molar-refractivity contribution in [2.75, 3.05) is 48.5 Å². The van der Waals surface area contributed by atoms with Gasteiger partial charge in [0, 0.05) is 33.8 Å². The predicted molar refractivity (Wildman–Crippen MR) is 128 cm³/mol. The summed E-state index contributed by atoms with van der Waals surface area (Å²) in [6.45, 7) is 4.71. The first kappa shape index (κ1) is 29.1. The number of quaternary nitrogens is 1. The monoisotopic (exact) mass is 432 g/mol. The molecule has 0 heterocycles. The fourth-order valence-corrected chi connectivity index (χ4v) is 5.83. The molecular formula is C24H54NO3Si+. The van der Waals surface area contributed by atoms with Crippen molar-refractivity contribution >= 4 is 8.80 Å². The van der Waals surface area contributed by atoms with Crippen LogP contribution in [0.1, 0.15) is 103 Å². The van der Waals surface area contributed by atoms with Gasteiger partial charge in [-0.1, -0.05) is 84.0 Å². The first-order valence-electron chi connectivity index (χ1n) is 12.4. The Hall–Kier alpha value is 0.0569. The molecule has 0 aliphatic heterocycles. The molecule has 0 saturated heterocycles. The van der Waals surface area contributed by atoms with E-state index < -0.39 is 8.80 Å². The molecule has 0 aromatic heterocycles. The molecule has 0 unspecified atom stereocenters. The molecule has 0 amide bonds. The Morgan fingerprint density at radius 2 is 0.862 bits per heavy atom. The minimum absolute atomic E-state index is 0.900. The lowest BCUT2D eigenvalue weighted by molar-refractivity contribution is -0.890. The van der Waals surface area contributed by atoms with E-state index in [1.807, 2.05) is 0 Å². The highest BCUT2D eigenvalue weighted by Gasteiger charge is 2.37. The third-order valence-corrected chi connectivity index (χ3v) is 9.13. The molecule has 0 rings (SSSR count). The highest BCUT2D eigenvalue weighted by atomic mass is 28.4. The van der Waals surface area contributed by atoms with E-state index in [9.17, 15) is 0 Å². The number of nitrogens with zero attached hydrogens (tertiary/aromatic N) is 1. The molecular weight excluding hydrogens is 378 g/mol. The van der Waals surface area contributed by atoms with Crippen LogP contribution < -0.4 is 0 Å². The molecule has 0 aliphatic carbocycles. The van der Waals surface area contributed by atoms with Gasteiger partial charge in [0.15, 0.2) is 0 Å². The van der Waals surface area contributed by atoms with E-state index in [0.29, 0.717) is 0 Å². The summed E-state index contributed by atoms with van der Waals surface area (Å²) in [5.74, 6) is 0. The van der Waals surface area contributed by atoms with Crippen molar-refractivity contribution in [2.24, 2.45) is 0 Å². The van der Waals surface area contributed by atoms with Crippen molar-refractivity contribution in [1.82, 2.24) is 0 Å². The Bertz CT molecular complexity index is 341. The summed E-state index contributed by atoms with van der Waals surface area (Å²) in [5, 5.41) is 0. The van der Waals surface area contributed by atoms with Gasteiger partial charge < -0.3 is 17.8 Å². The van der Waals surface area contributed by atoms with E-state index in [4.69, 9.17) is 13.3 Å². The highest BCUT2D eigenvalue weighted by molar-refractivity contribution is 6.60. The Morgan fingerprint density at radius 3 is 1.24 bits per heavy atom. The van der Waals surface area contributed by atoms with Crippen LogP contribution in [0.3, 0.4) is 0 Å². The molecule has 29 heavy (non-hydrogen) atoms. The Balaban J connectivity index is 3.53. The van der Waals surface area contributed by atoms with Gasteiger partial charge in [-0.15, -0.1) is 0 Å². The molecule has 0 aromatic carbocycles. The van der Waals surface area contributed by atoms with Gasteiger partial charge >= 0.3 is 8.80 Å². The average molecular weight is 433 g/mol. The van der Waals surface area contributed by atoms with Gasteiger partial charge in [-0.2, -0.15) is 0 Å². The highest BCUT2D eigenvalue weighted by Crippen LogP contribution is 2.17. The van der Waals surface area contributed by atoms with Gasteiger partial charge in [-0.05, 0) is 12.8 Å². The van der Waals surface area contributed by atoms with Crippen molar-refractivity contribution in [3.05, 3.63) is 0 Å². The molecule has 0 radical (unpaired) electrons. The SMILES string of the molecule is CCCCCCCCCCCCCCCC[N+](C)(C)CCC[Si](OC)(OC)OC. The lowest BCUT2D eigenvalue weighted by Crippen LogP contribution is -2.45. The predicted octanol–water partition coefficient (Wildman–Crippen LogP) is 6.81. The summed E-state index contributed by atoms with van der Waals surface area (Å²) in [6.07, 6.45) is 21.0. The fraction of sp³-hybridized carbons (Fsp3) is 1.00. The molecule has 0 aromatic rings. The van der Waals surface area contributed by atoms with Crippen LogP contribution in [0.25, 0.3) is 0 Å². The zero-order valence-electron chi connectivity index (χ0n) is 20.9. The Kier molecular flexibility index (Phi) is 18.8. The lowest BCUT2D eigenvalue weighted by Gasteiger charge is -2.31. The molecule has 4 nitrogen and oxygen atoms in total. The van der Waals surface area contributed by atoms with Gasteiger partial charge in [0.2, 0.25) is 0 Å². The zero-order valence-corrected chi connectivity index (χ0v) is 21.9. The van der Waals surface area contributed by atoms with E-state index in [1.165, 1.54) is 96.4 Å². The van der Waals surface area contributed by atoms with Crippen molar-refractivity contribution < 1.29 is 17.8 Å². The standard InChI is InChI=1S/C24H54NO3Si/c1-7-8-9-10-11-12-13-14-15-16-17-18-19-20-22-25(2,3)23-21-24-29(26-4,27-5)28-6/h7-24H2,1-6H3/q+1.